The maximum atomic E-state index is 5.40. The topological polar surface area (TPSA) is 87.2 Å². The fourth-order valence-electron chi connectivity index (χ4n) is 15.0. The molecule has 0 aliphatic carbocycles. The minimum atomic E-state index is 0.663. The van der Waals surface area contributed by atoms with Crippen molar-refractivity contribution in [3.05, 3.63) is 388 Å². The highest BCUT2D eigenvalue weighted by atomic mass is 15.0. The van der Waals surface area contributed by atoms with Gasteiger partial charge in [-0.25, -0.2) is 29.9 Å². The van der Waals surface area contributed by atoms with Crippen LogP contribution in [0, 0.1) is 0 Å². The van der Waals surface area contributed by atoms with E-state index in [2.05, 4.69) is 361 Å². The van der Waals surface area contributed by atoms with Gasteiger partial charge in [-0.1, -0.05) is 315 Å². The Morgan fingerprint density at radius 1 is 0.179 bits per heavy atom. The quantitative estimate of drug-likeness (QED) is 0.121. The number of nitrogens with zero attached hydrogens (tertiary/aromatic N) is 8. The molecule has 0 aliphatic rings. The molecule has 0 N–H and O–H groups in total. The van der Waals surface area contributed by atoms with Crippen LogP contribution in [0.25, 0.3) is 189 Å². The van der Waals surface area contributed by atoms with Crippen molar-refractivity contribution < 1.29 is 0 Å². The van der Waals surface area contributed by atoms with Gasteiger partial charge in [0.15, 0.2) is 11.6 Å². The molecule has 0 spiro atoms. The van der Waals surface area contributed by atoms with Gasteiger partial charge in [-0.15, -0.1) is 0 Å². The van der Waals surface area contributed by atoms with Crippen molar-refractivity contribution in [3.8, 4) is 124 Å². The van der Waals surface area contributed by atoms with Gasteiger partial charge < -0.3 is 9.13 Å². The lowest BCUT2D eigenvalue weighted by molar-refractivity contribution is 1.17. The molecule has 6 heterocycles. The fourth-order valence-corrected chi connectivity index (χ4v) is 15.0. The largest absolute Gasteiger partial charge is 0.307 e. The van der Waals surface area contributed by atoms with Crippen molar-refractivity contribution in [3.63, 3.8) is 0 Å². The normalized spacial score (nSPS) is 11.4. The molecule has 8 heteroatoms. The minimum Gasteiger partial charge on any atom is -0.307 e. The Balaban J connectivity index is 0.000000145. The molecule has 0 unspecified atom stereocenters. The molecule has 0 radical (unpaired) electrons. The molecule has 0 atom stereocenters. The van der Waals surface area contributed by atoms with E-state index in [4.69, 9.17) is 29.9 Å². The zero-order chi connectivity index (χ0) is 70.3. The first kappa shape index (κ1) is 62.6. The summed E-state index contributed by atoms with van der Waals surface area (Å²) in [6.07, 6.45) is 0. The summed E-state index contributed by atoms with van der Waals surface area (Å²) < 4.78 is 4.72. The van der Waals surface area contributed by atoms with Gasteiger partial charge in [0.25, 0.3) is 0 Å². The Kier molecular flexibility index (Phi) is 16.1. The summed E-state index contributed by atoms with van der Waals surface area (Å²) in [6, 6.07) is 135. The van der Waals surface area contributed by atoms with Crippen molar-refractivity contribution in [1.29, 1.82) is 0 Å². The van der Waals surface area contributed by atoms with Crippen LogP contribution in [-0.4, -0.2) is 39.0 Å². The van der Waals surface area contributed by atoms with Crippen LogP contribution in [0.2, 0.25) is 0 Å². The SMILES string of the molecule is c1ccc(-c2ccc(-c3cc(-c4cccc(-c5nc6ccccc6c6c7ccccc7n(-c7ccccc7)c56)c4)nc(-c4ccccc4)n3)cc2)cc1.c1ccc(-c2ccc(-c3cc(-c4ccccc4)nc(-c4cccc(-c5nc6ccccc6c6c7ccccc7n(-c7ccccc7)c56)c4)n3)cc2)cc1. The highest BCUT2D eigenvalue weighted by Crippen LogP contribution is 2.45. The Bertz CT molecular complexity index is 6240. The first-order valence-corrected chi connectivity index (χ1v) is 35.7. The van der Waals surface area contributed by atoms with Crippen molar-refractivity contribution in [2.45, 2.75) is 0 Å². The van der Waals surface area contributed by atoms with Gasteiger partial charge in [0.05, 0.1) is 67.3 Å². The van der Waals surface area contributed by atoms with E-state index in [1.807, 2.05) is 36.4 Å². The molecule has 8 nitrogen and oxygen atoms in total. The van der Waals surface area contributed by atoms with Gasteiger partial charge in [0.1, 0.15) is 0 Å². The van der Waals surface area contributed by atoms with E-state index in [1.54, 1.807) is 0 Å². The summed E-state index contributed by atoms with van der Waals surface area (Å²) in [5, 5.41) is 7.07. The monoisotopic (exact) mass is 1350 g/mol. The third-order valence-corrected chi connectivity index (χ3v) is 20.0. The highest BCUT2D eigenvalue weighted by molar-refractivity contribution is 6.25. The van der Waals surface area contributed by atoms with E-state index in [0.29, 0.717) is 11.6 Å². The molecule has 20 aromatic rings. The average molecular weight is 1350 g/mol. The molecule has 0 fully saturated rings. The lowest BCUT2D eigenvalue weighted by Gasteiger charge is -2.14. The van der Waals surface area contributed by atoms with Crippen LogP contribution >= 0.6 is 0 Å². The van der Waals surface area contributed by atoms with Crippen LogP contribution in [0.4, 0.5) is 0 Å². The Morgan fingerprint density at radius 2 is 0.462 bits per heavy atom. The van der Waals surface area contributed by atoms with Crippen LogP contribution < -0.4 is 0 Å². The van der Waals surface area contributed by atoms with Crippen LogP contribution in [0.3, 0.4) is 0 Å². The summed E-state index contributed by atoms with van der Waals surface area (Å²) >= 11 is 0. The maximum Gasteiger partial charge on any atom is 0.160 e. The summed E-state index contributed by atoms with van der Waals surface area (Å²) in [6.45, 7) is 0. The van der Waals surface area contributed by atoms with Crippen molar-refractivity contribution in [2.75, 3.05) is 0 Å². The molecule has 6 aromatic heterocycles. The van der Waals surface area contributed by atoms with E-state index in [-0.39, 0.29) is 0 Å². The number of hydrogen-bond acceptors (Lipinski definition) is 6. The molecule has 0 aliphatic heterocycles. The number of para-hydroxylation sites is 6. The van der Waals surface area contributed by atoms with Crippen molar-refractivity contribution >= 4 is 65.4 Å². The number of pyridine rings is 2. The molecule has 14 aromatic carbocycles. The zero-order valence-electron chi connectivity index (χ0n) is 57.5. The third-order valence-electron chi connectivity index (χ3n) is 20.0. The fraction of sp³-hybridized carbons (Fsp3) is 0. The predicted molar refractivity (Wildman–Crippen MR) is 438 cm³/mol. The van der Waals surface area contributed by atoms with Gasteiger partial charge >= 0.3 is 0 Å². The first-order valence-electron chi connectivity index (χ1n) is 35.7. The minimum absolute atomic E-state index is 0.663. The molecule has 0 bridgehead atoms. The number of aromatic nitrogens is 8. The van der Waals surface area contributed by atoms with Crippen molar-refractivity contribution in [2.24, 2.45) is 0 Å². The predicted octanol–water partition coefficient (Wildman–Crippen LogP) is 24.9. The molecular weight excluding hydrogens is 1290 g/mol. The third kappa shape index (κ3) is 11.7. The second-order valence-electron chi connectivity index (χ2n) is 26.5. The maximum absolute atomic E-state index is 5.40. The molecule has 106 heavy (non-hydrogen) atoms. The van der Waals surface area contributed by atoms with Crippen LogP contribution in [-0.2, 0) is 0 Å². The Hall–Kier alpha value is -14.3. The van der Waals surface area contributed by atoms with E-state index in [0.717, 1.165) is 134 Å². The van der Waals surface area contributed by atoms with Gasteiger partial charge in [0, 0.05) is 88.2 Å². The molecular formula is C98H64N8. The number of hydrogen-bond donors (Lipinski definition) is 0. The summed E-state index contributed by atoms with van der Waals surface area (Å²) in [7, 11) is 0. The molecule has 0 saturated carbocycles. The van der Waals surface area contributed by atoms with E-state index in [1.165, 1.54) is 43.8 Å². The summed E-state index contributed by atoms with van der Waals surface area (Å²) in [4.78, 5) is 31.5. The second kappa shape index (κ2) is 27.2. The second-order valence-corrected chi connectivity index (χ2v) is 26.5. The van der Waals surface area contributed by atoms with Gasteiger partial charge in [-0.2, -0.15) is 0 Å². The molecule has 0 amide bonds. The molecule has 0 saturated heterocycles. The Labute approximate surface area is 612 Å². The standard InChI is InChI=1S/2C49H32N4/c1-4-15-33(16-5-1)34-27-29-35(30-28-34)43-32-44(52-49(51-43)36-17-6-2-7-18-36)37-19-14-20-38(31-37)47-48-46(40-23-10-12-25-42(40)50-47)41-24-11-13-26-45(41)53(48)39-21-8-3-9-22-39;1-4-15-33(16-5-1)34-27-29-36(30-28-34)44-32-43(35-17-6-2-7-18-35)51-49(52-44)38-20-14-19-37(31-38)47-48-46(40-23-10-12-25-42(40)50-47)41-24-11-13-26-45(41)53(48)39-21-8-3-9-22-39/h2*1-32H. The van der Waals surface area contributed by atoms with Crippen molar-refractivity contribution in [1.82, 2.24) is 39.0 Å². The number of rotatable bonds is 12. The average Bonchev–Trinajstić information content (AvgIpc) is 1.57. The molecule has 496 valence electrons. The van der Waals surface area contributed by atoms with E-state index < -0.39 is 0 Å². The van der Waals surface area contributed by atoms with E-state index >= 15 is 0 Å². The van der Waals surface area contributed by atoms with Crippen LogP contribution in [0.5, 0.6) is 0 Å². The van der Waals surface area contributed by atoms with Gasteiger partial charge in [-0.05, 0) is 95.1 Å². The number of benzene rings is 14. The number of fused-ring (bicyclic) bond motifs is 10. The van der Waals surface area contributed by atoms with Crippen LogP contribution in [0.1, 0.15) is 0 Å². The Morgan fingerprint density at radius 3 is 0.896 bits per heavy atom. The first-order chi connectivity index (χ1) is 52.6. The smallest absolute Gasteiger partial charge is 0.160 e. The van der Waals surface area contributed by atoms with E-state index in [9.17, 15) is 0 Å². The zero-order valence-corrected chi connectivity index (χ0v) is 57.5. The lowest BCUT2D eigenvalue weighted by Crippen LogP contribution is -1.98. The highest BCUT2D eigenvalue weighted by Gasteiger charge is 2.24. The lowest BCUT2D eigenvalue weighted by atomic mass is 9.99. The van der Waals surface area contributed by atoms with Gasteiger partial charge in [0.2, 0.25) is 0 Å². The summed E-state index contributed by atoms with van der Waals surface area (Å²) in [5.74, 6) is 1.35. The summed E-state index contributed by atoms with van der Waals surface area (Å²) in [5.41, 5.74) is 26.6. The van der Waals surface area contributed by atoms with Crippen LogP contribution in [0.15, 0.2) is 388 Å². The molecule has 20 rings (SSSR count). The van der Waals surface area contributed by atoms with Gasteiger partial charge in [-0.3, -0.25) is 0 Å².